The minimum absolute atomic E-state index is 0.0840. The van der Waals surface area contributed by atoms with Gasteiger partial charge in [0.25, 0.3) is 5.91 Å². The Morgan fingerprint density at radius 1 is 0.963 bits per heavy atom. The third-order valence-corrected chi connectivity index (χ3v) is 6.26. The van der Waals surface area contributed by atoms with E-state index in [0.717, 1.165) is 19.3 Å². The first-order valence-corrected chi connectivity index (χ1v) is 10.2. The van der Waals surface area contributed by atoms with Crippen molar-refractivity contribution >= 4 is 11.8 Å². The number of amides is 2. The summed E-state index contributed by atoms with van der Waals surface area (Å²) in [5.74, 6) is 0.304. The number of fused-ring (bicyclic) bond motifs is 2. The quantitative estimate of drug-likeness (QED) is 0.885. The lowest BCUT2D eigenvalue weighted by Crippen LogP contribution is -2.41. The number of halogens is 1. The highest BCUT2D eigenvalue weighted by atomic mass is 19.1. The molecule has 5 nitrogen and oxygen atoms in total. The molecule has 0 aliphatic carbocycles. The summed E-state index contributed by atoms with van der Waals surface area (Å²) in [6.07, 6.45) is 6.16. The van der Waals surface area contributed by atoms with Gasteiger partial charge in [-0.15, -0.1) is 0 Å². The second kappa shape index (κ2) is 7.97. The first-order chi connectivity index (χ1) is 13.1. The summed E-state index contributed by atoms with van der Waals surface area (Å²) in [5, 5.41) is 3.63. The van der Waals surface area contributed by atoms with E-state index in [2.05, 4.69) is 5.32 Å². The average molecular weight is 373 g/mol. The number of hydrogen-bond donors (Lipinski definition) is 1. The van der Waals surface area contributed by atoms with Crippen LogP contribution in [0.15, 0.2) is 24.3 Å². The van der Waals surface area contributed by atoms with Crippen LogP contribution in [-0.2, 0) is 4.79 Å². The van der Waals surface area contributed by atoms with Crippen LogP contribution in [0, 0.1) is 11.7 Å². The number of carbonyl (C=O) groups excluding carboxylic acids is 2. The summed E-state index contributed by atoms with van der Waals surface area (Å²) in [7, 11) is 0. The molecule has 6 heteroatoms. The molecule has 0 spiro atoms. The average Bonchev–Trinajstić information content (AvgIpc) is 2.86. The zero-order valence-corrected chi connectivity index (χ0v) is 15.7. The van der Waals surface area contributed by atoms with Gasteiger partial charge in [0.2, 0.25) is 5.91 Å². The van der Waals surface area contributed by atoms with Crippen molar-refractivity contribution < 1.29 is 14.0 Å². The van der Waals surface area contributed by atoms with E-state index >= 15 is 0 Å². The molecule has 2 atom stereocenters. The van der Waals surface area contributed by atoms with Crippen molar-refractivity contribution in [3.05, 3.63) is 35.6 Å². The summed E-state index contributed by atoms with van der Waals surface area (Å²) in [6, 6.07) is 6.89. The Bertz CT molecular complexity index is 681. The van der Waals surface area contributed by atoms with Gasteiger partial charge in [0.05, 0.1) is 0 Å². The molecule has 1 N–H and O–H groups in total. The van der Waals surface area contributed by atoms with E-state index in [-0.39, 0.29) is 17.6 Å². The van der Waals surface area contributed by atoms with E-state index < -0.39 is 0 Å². The first-order valence-electron chi connectivity index (χ1n) is 10.2. The van der Waals surface area contributed by atoms with Crippen LogP contribution in [-0.4, -0.2) is 59.9 Å². The standard InChI is InChI=1S/C21H28FN3O2/c22-17-4-2-16(3-5-17)21(27)25-9-1-8-24(10-11-25)20(26)14-15-12-18-6-7-19(13-15)23-18/h2-5,15,18-19,23H,1,6-14H2. The minimum Gasteiger partial charge on any atom is -0.341 e. The minimum atomic E-state index is -0.342. The number of nitrogens with one attached hydrogen (secondary N) is 1. The Morgan fingerprint density at radius 2 is 1.59 bits per heavy atom. The Morgan fingerprint density at radius 3 is 2.30 bits per heavy atom. The van der Waals surface area contributed by atoms with Gasteiger partial charge in [-0.2, -0.15) is 0 Å². The summed E-state index contributed by atoms with van der Waals surface area (Å²) < 4.78 is 13.1. The summed E-state index contributed by atoms with van der Waals surface area (Å²) >= 11 is 0. The van der Waals surface area contributed by atoms with E-state index in [4.69, 9.17) is 0 Å². The lowest BCUT2D eigenvalue weighted by Gasteiger charge is -2.30. The fraction of sp³-hybridized carbons (Fsp3) is 0.619. The molecule has 2 amide bonds. The third-order valence-electron chi connectivity index (χ3n) is 6.26. The second-order valence-electron chi connectivity index (χ2n) is 8.21. The molecule has 0 saturated carbocycles. The van der Waals surface area contributed by atoms with Gasteiger partial charge in [0, 0.05) is 50.2 Å². The summed E-state index contributed by atoms with van der Waals surface area (Å²) in [4.78, 5) is 29.1. The van der Waals surface area contributed by atoms with Gasteiger partial charge in [-0.1, -0.05) is 0 Å². The topological polar surface area (TPSA) is 52.7 Å². The van der Waals surface area contributed by atoms with Gasteiger partial charge in [0.1, 0.15) is 5.82 Å². The number of nitrogens with zero attached hydrogens (tertiary/aromatic N) is 2. The molecule has 1 aromatic carbocycles. The molecule has 3 saturated heterocycles. The van der Waals surface area contributed by atoms with Crippen LogP contribution in [0.4, 0.5) is 4.39 Å². The molecule has 146 valence electrons. The first kappa shape index (κ1) is 18.4. The molecule has 2 bridgehead atoms. The van der Waals surface area contributed by atoms with Crippen LogP contribution < -0.4 is 5.32 Å². The zero-order chi connectivity index (χ0) is 18.8. The third kappa shape index (κ3) is 4.32. The van der Waals surface area contributed by atoms with Crippen molar-refractivity contribution in [1.29, 1.82) is 0 Å². The molecule has 2 unspecified atom stereocenters. The maximum absolute atomic E-state index is 13.1. The van der Waals surface area contributed by atoms with Gasteiger partial charge in [-0.25, -0.2) is 4.39 Å². The maximum atomic E-state index is 13.1. The second-order valence-corrected chi connectivity index (χ2v) is 8.21. The summed E-state index contributed by atoms with van der Waals surface area (Å²) in [5.41, 5.74) is 0.501. The Hall–Kier alpha value is -1.95. The SMILES string of the molecule is O=C(CC1CC2CCC(C1)N2)N1CCCN(C(=O)c2ccc(F)cc2)CC1. The number of hydrogen-bond acceptors (Lipinski definition) is 3. The maximum Gasteiger partial charge on any atom is 0.253 e. The van der Waals surface area contributed by atoms with E-state index in [9.17, 15) is 14.0 Å². The highest BCUT2D eigenvalue weighted by Gasteiger charge is 2.35. The monoisotopic (exact) mass is 373 g/mol. The smallest absolute Gasteiger partial charge is 0.253 e. The van der Waals surface area contributed by atoms with Crippen LogP contribution in [0.3, 0.4) is 0 Å². The Balaban J connectivity index is 1.30. The largest absolute Gasteiger partial charge is 0.341 e. The summed E-state index contributed by atoms with van der Waals surface area (Å²) in [6.45, 7) is 2.48. The number of rotatable bonds is 3. The van der Waals surface area contributed by atoms with Crippen molar-refractivity contribution in [2.75, 3.05) is 26.2 Å². The van der Waals surface area contributed by atoms with Gasteiger partial charge >= 0.3 is 0 Å². The highest BCUT2D eigenvalue weighted by molar-refractivity contribution is 5.94. The molecular weight excluding hydrogens is 345 g/mol. The molecule has 3 heterocycles. The number of piperidine rings is 1. The van der Waals surface area contributed by atoms with E-state index in [0.29, 0.717) is 56.2 Å². The molecule has 1 aromatic rings. The van der Waals surface area contributed by atoms with Crippen molar-refractivity contribution in [1.82, 2.24) is 15.1 Å². The van der Waals surface area contributed by atoms with E-state index in [1.54, 1.807) is 4.90 Å². The van der Waals surface area contributed by atoms with Crippen LogP contribution in [0.5, 0.6) is 0 Å². The van der Waals surface area contributed by atoms with Gasteiger partial charge in [-0.3, -0.25) is 9.59 Å². The van der Waals surface area contributed by atoms with Crippen LogP contribution in [0.2, 0.25) is 0 Å². The number of carbonyl (C=O) groups is 2. The molecule has 0 radical (unpaired) electrons. The zero-order valence-electron chi connectivity index (χ0n) is 15.7. The fourth-order valence-corrected chi connectivity index (χ4v) is 4.86. The van der Waals surface area contributed by atoms with Crippen LogP contribution >= 0.6 is 0 Å². The predicted octanol–water partition coefficient (Wildman–Crippen LogP) is 2.42. The molecule has 27 heavy (non-hydrogen) atoms. The molecule has 4 rings (SSSR count). The number of benzene rings is 1. The lowest BCUT2D eigenvalue weighted by atomic mass is 9.89. The fourth-order valence-electron chi connectivity index (χ4n) is 4.86. The van der Waals surface area contributed by atoms with Crippen molar-refractivity contribution in [2.24, 2.45) is 5.92 Å². The van der Waals surface area contributed by atoms with E-state index in [1.165, 1.54) is 37.1 Å². The van der Waals surface area contributed by atoms with Gasteiger partial charge in [-0.05, 0) is 62.3 Å². The van der Waals surface area contributed by atoms with Crippen molar-refractivity contribution in [2.45, 2.75) is 50.6 Å². The van der Waals surface area contributed by atoms with Gasteiger partial charge < -0.3 is 15.1 Å². The van der Waals surface area contributed by atoms with Gasteiger partial charge in [0.15, 0.2) is 0 Å². The molecule has 3 aliphatic heterocycles. The Kier molecular flexibility index (Phi) is 5.43. The molecule has 0 aromatic heterocycles. The molecular formula is C21H28FN3O2. The van der Waals surface area contributed by atoms with E-state index in [1.807, 2.05) is 4.90 Å². The normalized spacial score (nSPS) is 28.1. The molecule has 3 fully saturated rings. The Labute approximate surface area is 159 Å². The highest BCUT2D eigenvalue weighted by Crippen LogP contribution is 2.33. The predicted molar refractivity (Wildman–Crippen MR) is 101 cm³/mol. The van der Waals surface area contributed by atoms with Crippen LogP contribution in [0.1, 0.15) is 48.9 Å². The van der Waals surface area contributed by atoms with Crippen molar-refractivity contribution in [3.8, 4) is 0 Å². The van der Waals surface area contributed by atoms with Crippen molar-refractivity contribution in [3.63, 3.8) is 0 Å². The molecule has 3 aliphatic rings. The lowest BCUT2D eigenvalue weighted by molar-refractivity contribution is -0.132. The van der Waals surface area contributed by atoms with Crippen LogP contribution in [0.25, 0.3) is 0 Å².